The molecule has 0 unspecified atom stereocenters. The Hall–Kier alpha value is -2.46. The highest BCUT2D eigenvalue weighted by Crippen LogP contribution is 2.43. The highest BCUT2D eigenvalue weighted by molar-refractivity contribution is 9.11. The summed E-state index contributed by atoms with van der Waals surface area (Å²) in [6, 6.07) is 5.46. The topological polar surface area (TPSA) is 138 Å². The lowest BCUT2D eigenvalue weighted by molar-refractivity contribution is -0.383. The summed E-state index contributed by atoms with van der Waals surface area (Å²) in [6.07, 6.45) is 0. The maximum absolute atomic E-state index is 11.3. The van der Waals surface area contributed by atoms with Crippen molar-refractivity contribution in [3.05, 3.63) is 53.4 Å². The highest BCUT2D eigenvalue weighted by Gasteiger charge is 2.22. The predicted octanol–water partition coefficient (Wildman–Crippen LogP) is 4.50. The monoisotopic (exact) mass is 454 g/mol. The number of nitrogen functional groups attached to an aromatic ring is 2. The fourth-order valence-corrected chi connectivity index (χ4v) is 3.44. The summed E-state index contributed by atoms with van der Waals surface area (Å²) in [7, 11) is 0. The van der Waals surface area contributed by atoms with Gasteiger partial charge in [0.1, 0.15) is 0 Å². The molecule has 122 valence electrons. The van der Waals surface area contributed by atoms with E-state index >= 15 is 0 Å². The number of fused-ring (bicyclic) bond motifs is 2. The summed E-state index contributed by atoms with van der Waals surface area (Å²) < 4.78 is 0.730. The van der Waals surface area contributed by atoms with E-state index < -0.39 is 9.85 Å². The first-order valence-corrected chi connectivity index (χ1v) is 8.03. The summed E-state index contributed by atoms with van der Waals surface area (Å²) in [6.45, 7) is 0. The van der Waals surface area contributed by atoms with Crippen LogP contribution in [0.1, 0.15) is 0 Å². The van der Waals surface area contributed by atoms with Crippen LogP contribution in [0.4, 0.5) is 22.7 Å². The quantitative estimate of drug-likeness (QED) is 0.252. The van der Waals surface area contributed by atoms with Crippen molar-refractivity contribution in [1.29, 1.82) is 0 Å². The standard InChI is InChI=1S/C14H8Br2N4O4/c15-9-3-11(19(21)22)5-1-6-8(2-7(5)13(9)17)14(18)10(16)4-12(6)20(23)24/h1-4H,17-18H2. The molecular weight excluding hydrogens is 448 g/mol. The van der Waals surface area contributed by atoms with Crippen molar-refractivity contribution in [3.8, 4) is 0 Å². The first-order chi connectivity index (χ1) is 11.2. The van der Waals surface area contributed by atoms with E-state index in [0.717, 1.165) is 0 Å². The van der Waals surface area contributed by atoms with Crippen molar-refractivity contribution in [1.82, 2.24) is 0 Å². The van der Waals surface area contributed by atoms with E-state index in [9.17, 15) is 20.2 Å². The van der Waals surface area contributed by atoms with Gasteiger partial charge in [-0.25, -0.2) is 0 Å². The first kappa shape index (κ1) is 16.4. The van der Waals surface area contributed by atoms with Crippen molar-refractivity contribution in [2.45, 2.75) is 0 Å². The number of halogens is 2. The number of benzene rings is 3. The van der Waals surface area contributed by atoms with Crippen LogP contribution < -0.4 is 11.5 Å². The Morgan fingerprint density at radius 3 is 1.38 bits per heavy atom. The molecule has 3 aromatic carbocycles. The molecule has 0 aliphatic carbocycles. The molecule has 0 atom stereocenters. The molecule has 0 aliphatic heterocycles. The van der Waals surface area contributed by atoms with Gasteiger partial charge in [0, 0.05) is 31.9 Å². The molecule has 0 spiro atoms. The van der Waals surface area contributed by atoms with Crippen molar-refractivity contribution < 1.29 is 9.85 Å². The maximum Gasteiger partial charge on any atom is 0.278 e. The number of nitro benzene ring substituents is 2. The largest absolute Gasteiger partial charge is 0.397 e. The summed E-state index contributed by atoms with van der Waals surface area (Å²) in [4.78, 5) is 21.5. The minimum atomic E-state index is -0.563. The predicted molar refractivity (Wildman–Crippen MR) is 99.0 cm³/mol. The molecule has 8 nitrogen and oxygen atoms in total. The van der Waals surface area contributed by atoms with E-state index in [4.69, 9.17) is 11.5 Å². The summed E-state index contributed by atoms with van der Waals surface area (Å²) in [5.41, 5.74) is 12.2. The smallest absolute Gasteiger partial charge is 0.278 e. The van der Waals surface area contributed by atoms with Gasteiger partial charge in [0.05, 0.1) is 32.0 Å². The van der Waals surface area contributed by atoms with E-state index in [1.54, 1.807) is 0 Å². The number of nitrogens with zero attached hydrogens (tertiary/aromatic N) is 2. The van der Waals surface area contributed by atoms with Gasteiger partial charge in [-0.1, -0.05) is 0 Å². The molecule has 0 fully saturated rings. The lowest BCUT2D eigenvalue weighted by Crippen LogP contribution is -1.98. The van der Waals surface area contributed by atoms with Crippen LogP contribution in [-0.2, 0) is 0 Å². The van der Waals surface area contributed by atoms with Gasteiger partial charge in [0.25, 0.3) is 11.4 Å². The SMILES string of the molecule is Nc1c(Br)cc([N+](=O)[O-])c2cc3c([N+](=O)[O-])cc(Br)c(N)c3cc12. The molecule has 0 aliphatic rings. The average Bonchev–Trinajstić information content (AvgIpc) is 2.52. The zero-order valence-corrected chi connectivity index (χ0v) is 14.9. The molecule has 3 aromatic rings. The molecule has 0 bridgehead atoms. The number of rotatable bonds is 2. The molecule has 10 heteroatoms. The number of anilines is 2. The van der Waals surface area contributed by atoms with Gasteiger partial charge < -0.3 is 11.5 Å². The van der Waals surface area contributed by atoms with Crippen molar-refractivity contribution in [3.63, 3.8) is 0 Å². The van der Waals surface area contributed by atoms with E-state index in [1.165, 1.54) is 24.3 Å². The Kier molecular flexibility index (Phi) is 3.80. The normalized spacial score (nSPS) is 11.1. The van der Waals surface area contributed by atoms with Crippen molar-refractivity contribution in [2.75, 3.05) is 11.5 Å². The Balaban J connectivity index is 2.62. The first-order valence-electron chi connectivity index (χ1n) is 6.44. The fraction of sp³-hybridized carbons (Fsp3) is 0. The van der Waals surface area contributed by atoms with Crippen LogP contribution in [0.3, 0.4) is 0 Å². The molecular formula is C14H8Br2N4O4. The van der Waals surface area contributed by atoms with Crippen molar-refractivity contribution in [2.24, 2.45) is 0 Å². The fourth-order valence-electron chi connectivity index (χ4n) is 2.58. The Morgan fingerprint density at radius 1 is 0.708 bits per heavy atom. The van der Waals surface area contributed by atoms with E-state index in [0.29, 0.717) is 31.1 Å². The average molecular weight is 456 g/mol. The van der Waals surface area contributed by atoms with E-state index in [-0.39, 0.29) is 22.1 Å². The molecule has 0 heterocycles. The summed E-state index contributed by atoms with van der Waals surface area (Å²) in [5, 5.41) is 23.9. The number of hydrogen-bond donors (Lipinski definition) is 2. The zero-order chi connectivity index (χ0) is 17.8. The number of hydrogen-bond acceptors (Lipinski definition) is 6. The van der Waals surface area contributed by atoms with Gasteiger partial charge in [0.2, 0.25) is 0 Å². The minimum absolute atomic E-state index is 0.205. The minimum Gasteiger partial charge on any atom is -0.397 e. The van der Waals surface area contributed by atoms with Crippen LogP contribution in [0.15, 0.2) is 33.2 Å². The third-order valence-electron chi connectivity index (χ3n) is 3.72. The molecule has 0 amide bonds. The molecule has 4 N–H and O–H groups in total. The zero-order valence-electron chi connectivity index (χ0n) is 11.7. The van der Waals surface area contributed by atoms with Gasteiger partial charge >= 0.3 is 0 Å². The molecule has 24 heavy (non-hydrogen) atoms. The molecule has 0 saturated carbocycles. The van der Waals surface area contributed by atoms with Gasteiger partial charge in [-0.15, -0.1) is 0 Å². The second-order valence-electron chi connectivity index (χ2n) is 5.04. The lowest BCUT2D eigenvalue weighted by Gasteiger charge is -2.10. The third kappa shape index (κ3) is 2.34. The Bertz CT molecular complexity index is 987. The second kappa shape index (κ2) is 5.56. The number of nitro groups is 2. The Labute approximate surface area is 151 Å². The molecule has 0 aromatic heterocycles. The maximum atomic E-state index is 11.3. The van der Waals surface area contributed by atoms with Crippen LogP contribution in [0.2, 0.25) is 0 Å². The Morgan fingerprint density at radius 2 is 1.04 bits per heavy atom. The van der Waals surface area contributed by atoms with Gasteiger partial charge in [0.15, 0.2) is 0 Å². The van der Waals surface area contributed by atoms with Crippen LogP contribution in [-0.4, -0.2) is 9.85 Å². The van der Waals surface area contributed by atoms with E-state index in [1.807, 2.05) is 0 Å². The highest BCUT2D eigenvalue weighted by atomic mass is 79.9. The molecule has 0 saturated heterocycles. The van der Waals surface area contributed by atoms with Crippen LogP contribution in [0.25, 0.3) is 21.5 Å². The van der Waals surface area contributed by atoms with E-state index in [2.05, 4.69) is 31.9 Å². The number of nitrogens with two attached hydrogens (primary N) is 2. The van der Waals surface area contributed by atoms with Crippen LogP contribution in [0.5, 0.6) is 0 Å². The van der Waals surface area contributed by atoms with Crippen LogP contribution in [0, 0.1) is 20.2 Å². The summed E-state index contributed by atoms with van der Waals surface area (Å²) in [5.74, 6) is 0. The van der Waals surface area contributed by atoms with Crippen molar-refractivity contribution >= 4 is 76.2 Å². The lowest BCUT2D eigenvalue weighted by atomic mass is 9.99. The second-order valence-corrected chi connectivity index (χ2v) is 6.75. The molecule has 0 radical (unpaired) electrons. The van der Waals surface area contributed by atoms with Gasteiger partial charge in [-0.05, 0) is 44.0 Å². The molecule has 3 rings (SSSR count). The van der Waals surface area contributed by atoms with Gasteiger partial charge in [-0.2, -0.15) is 0 Å². The van der Waals surface area contributed by atoms with Crippen LogP contribution >= 0.6 is 31.9 Å². The summed E-state index contributed by atoms with van der Waals surface area (Å²) >= 11 is 6.38. The number of non-ortho nitro benzene ring substituents is 2. The third-order valence-corrected chi connectivity index (χ3v) is 5.04. The van der Waals surface area contributed by atoms with Gasteiger partial charge in [-0.3, -0.25) is 20.2 Å².